The van der Waals surface area contributed by atoms with Gasteiger partial charge in [0, 0.05) is 44.6 Å². The molecule has 33 heavy (non-hydrogen) atoms. The number of nitrogens with zero attached hydrogens (tertiary/aromatic N) is 5. The number of nitriles is 1. The van der Waals surface area contributed by atoms with Crippen LogP contribution in [0.25, 0.3) is 0 Å². The lowest BCUT2D eigenvalue weighted by molar-refractivity contribution is -0.143. The summed E-state index contributed by atoms with van der Waals surface area (Å²) in [4.78, 5) is 21.0. The minimum Gasteiger partial charge on any atom is -0.338 e. The fraction of sp³-hybridized carbons (Fsp3) is 0.455. The van der Waals surface area contributed by atoms with Gasteiger partial charge in [0.15, 0.2) is 11.5 Å². The lowest BCUT2D eigenvalue weighted by Crippen LogP contribution is -2.71. The van der Waals surface area contributed by atoms with Crippen LogP contribution in [0.15, 0.2) is 37.3 Å². The zero-order chi connectivity index (χ0) is 24.4. The Kier molecular flexibility index (Phi) is 6.88. The maximum atomic E-state index is 14.3. The monoisotopic (exact) mass is 464 g/mol. The van der Waals surface area contributed by atoms with E-state index in [4.69, 9.17) is 5.41 Å². The number of piperidine rings is 1. The van der Waals surface area contributed by atoms with Crippen LogP contribution < -0.4 is 0 Å². The summed E-state index contributed by atoms with van der Waals surface area (Å²) in [7, 11) is 0. The van der Waals surface area contributed by atoms with Gasteiger partial charge in [-0.05, 0) is 25.1 Å². The minimum atomic E-state index is -4.98. The molecule has 0 bridgehead atoms. The van der Waals surface area contributed by atoms with Crippen LogP contribution in [0.3, 0.4) is 0 Å². The van der Waals surface area contributed by atoms with Crippen LogP contribution in [-0.2, 0) is 6.18 Å². The maximum absolute atomic E-state index is 14.3. The first-order valence-electron chi connectivity index (χ1n) is 10.3. The van der Waals surface area contributed by atoms with Gasteiger partial charge >= 0.3 is 6.18 Å². The summed E-state index contributed by atoms with van der Waals surface area (Å²) in [6, 6.07) is 3.25. The number of allylic oxidation sites excluding steroid dienone is 1. The smallest absolute Gasteiger partial charge is 0.338 e. The highest BCUT2D eigenvalue weighted by Crippen LogP contribution is 2.37. The highest BCUT2D eigenvalue weighted by atomic mass is 19.4. The maximum Gasteiger partial charge on any atom is 0.436 e. The first-order valence-corrected chi connectivity index (χ1v) is 10.3. The largest absolute Gasteiger partial charge is 0.436 e. The fourth-order valence-corrected chi connectivity index (χ4v) is 4.56. The topological polar surface area (TPSA) is 87.3 Å². The molecule has 176 valence electrons. The second kappa shape index (κ2) is 9.31. The number of halogens is 4. The van der Waals surface area contributed by atoms with E-state index in [1.54, 1.807) is 11.1 Å². The Morgan fingerprint density at radius 1 is 1.39 bits per heavy atom. The van der Waals surface area contributed by atoms with Gasteiger partial charge in [0.1, 0.15) is 0 Å². The van der Waals surface area contributed by atoms with Crippen molar-refractivity contribution in [2.24, 2.45) is 0 Å². The molecule has 3 rings (SSSR count). The molecule has 7 nitrogen and oxygen atoms in total. The van der Waals surface area contributed by atoms with E-state index in [0.717, 1.165) is 18.5 Å². The van der Waals surface area contributed by atoms with E-state index in [1.165, 1.54) is 4.90 Å². The summed E-state index contributed by atoms with van der Waals surface area (Å²) in [6.45, 7) is 9.24. The van der Waals surface area contributed by atoms with Gasteiger partial charge in [-0.1, -0.05) is 13.2 Å². The third kappa shape index (κ3) is 4.61. The van der Waals surface area contributed by atoms with Crippen molar-refractivity contribution in [3.8, 4) is 6.07 Å². The zero-order valence-corrected chi connectivity index (χ0v) is 17.9. The SMILES string of the molecule is C=CN(C(=C)C=N)C1(CC#N)CN(C2CCN(C(=O)c3ccnc(C(F)(F)F)c3F)CC2)C1. The third-order valence-electron chi connectivity index (χ3n) is 6.23. The van der Waals surface area contributed by atoms with E-state index in [-0.39, 0.29) is 25.6 Å². The molecule has 0 unspecified atom stereocenters. The fourth-order valence-electron chi connectivity index (χ4n) is 4.56. The van der Waals surface area contributed by atoms with E-state index in [0.29, 0.717) is 31.6 Å². The Morgan fingerprint density at radius 2 is 2.03 bits per heavy atom. The molecule has 0 saturated carbocycles. The van der Waals surface area contributed by atoms with E-state index in [9.17, 15) is 27.6 Å². The molecule has 0 spiro atoms. The van der Waals surface area contributed by atoms with Crippen LogP contribution in [0.2, 0.25) is 0 Å². The molecule has 11 heteroatoms. The number of rotatable bonds is 7. The third-order valence-corrected chi connectivity index (χ3v) is 6.23. The van der Waals surface area contributed by atoms with Crippen molar-refractivity contribution in [3.63, 3.8) is 0 Å². The number of pyridine rings is 1. The quantitative estimate of drug-likeness (QED) is 0.494. The van der Waals surface area contributed by atoms with E-state index < -0.39 is 34.7 Å². The predicted octanol–water partition coefficient (Wildman–Crippen LogP) is 3.42. The van der Waals surface area contributed by atoms with Crippen molar-refractivity contribution in [2.45, 2.75) is 37.0 Å². The lowest BCUT2D eigenvalue weighted by atomic mass is 9.82. The van der Waals surface area contributed by atoms with Gasteiger partial charge in [-0.25, -0.2) is 9.37 Å². The number of hydrogen-bond donors (Lipinski definition) is 1. The summed E-state index contributed by atoms with van der Waals surface area (Å²) >= 11 is 0. The molecule has 0 atom stereocenters. The standard InChI is InChI=1S/C22H24F4N6O/c1-3-32(15(2)12-28)21(7-8-27)13-31(14-21)16-5-10-30(11-6-16)20(33)17-4-9-29-19(18(17)23)22(24,25)26/h3-4,9,12,16,28H,1-2,5-7,10-11,13-14H2. The molecule has 0 radical (unpaired) electrons. The Balaban J connectivity index is 1.64. The minimum absolute atomic E-state index is 0.105. The summed E-state index contributed by atoms with van der Waals surface area (Å²) < 4.78 is 53.0. The summed E-state index contributed by atoms with van der Waals surface area (Å²) in [6.07, 6.45) is -0.183. The number of carbonyl (C=O) groups is 1. The van der Waals surface area contributed by atoms with Crippen LogP contribution in [0, 0.1) is 22.6 Å². The normalized spacial score (nSPS) is 18.7. The van der Waals surface area contributed by atoms with E-state index >= 15 is 0 Å². The van der Waals surface area contributed by atoms with Gasteiger partial charge in [0.2, 0.25) is 0 Å². The number of nitrogens with one attached hydrogen (secondary N) is 1. The highest BCUT2D eigenvalue weighted by Gasteiger charge is 2.49. The number of aromatic nitrogens is 1. The average molecular weight is 464 g/mol. The average Bonchev–Trinajstić information content (AvgIpc) is 2.76. The highest BCUT2D eigenvalue weighted by molar-refractivity contribution is 5.94. The molecule has 1 aromatic heterocycles. The van der Waals surface area contributed by atoms with Crippen molar-refractivity contribution in [1.82, 2.24) is 19.7 Å². The molecular weight excluding hydrogens is 440 g/mol. The molecule has 1 N–H and O–H groups in total. The lowest BCUT2D eigenvalue weighted by Gasteiger charge is -2.58. The van der Waals surface area contributed by atoms with Gasteiger partial charge in [0.05, 0.1) is 29.3 Å². The summed E-state index contributed by atoms with van der Waals surface area (Å²) in [5.41, 5.74) is -2.44. The predicted molar refractivity (Wildman–Crippen MR) is 113 cm³/mol. The number of hydrogen-bond acceptors (Lipinski definition) is 6. The van der Waals surface area contributed by atoms with Crippen LogP contribution in [-0.4, -0.2) is 69.6 Å². The Labute approximate surface area is 189 Å². The Morgan fingerprint density at radius 3 is 2.55 bits per heavy atom. The van der Waals surface area contributed by atoms with Crippen LogP contribution in [0.1, 0.15) is 35.3 Å². The Bertz CT molecular complexity index is 988. The molecule has 0 aromatic carbocycles. The Hall–Kier alpha value is -3.26. The van der Waals surface area contributed by atoms with E-state index in [1.807, 2.05) is 0 Å². The van der Waals surface area contributed by atoms with Gasteiger partial charge in [0.25, 0.3) is 5.91 Å². The molecule has 2 aliphatic heterocycles. The molecule has 0 aliphatic carbocycles. The molecule has 2 aliphatic rings. The number of carbonyl (C=O) groups excluding carboxylic acids is 1. The summed E-state index contributed by atoms with van der Waals surface area (Å²) in [5, 5.41) is 16.7. The molecule has 3 heterocycles. The first-order chi connectivity index (χ1) is 15.6. The molecule has 2 fully saturated rings. The van der Waals surface area contributed by atoms with Crippen molar-refractivity contribution < 1.29 is 22.4 Å². The van der Waals surface area contributed by atoms with Crippen LogP contribution in [0.4, 0.5) is 17.6 Å². The summed E-state index contributed by atoms with van der Waals surface area (Å²) in [5.74, 6) is -2.45. The molecule has 1 aromatic rings. The van der Waals surface area contributed by atoms with Crippen molar-refractivity contribution in [1.29, 1.82) is 10.7 Å². The second-order valence-corrected chi connectivity index (χ2v) is 8.19. The number of alkyl halides is 3. The van der Waals surface area contributed by atoms with Gasteiger partial charge in [-0.3, -0.25) is 9.69 Å². The van der Waals surface area contributed by atoms with Crippen molar-refractivity contribution >= 4 is 12.1 Å². The zero-order valence-electron chi connectivity index (χ0n) is 17.9. The molecule has 2 saturated heterocycles. The van der Waals surface area contributed by atoms with Crippen LogP contribution >= 0.6 is 0 Å². The van der Waals surface area contributed by atoms with Gasteiger partial charge in [-0.15, -0.1) is 0 Å². The molecule has 1 amide bonds. The van der Waals surface area contributed by atoms with Crippen LogP contribution in [0.5, 0.6) is 0 Å². The van der Waals surface area contributed by atoms with Crippen molar-refractivity contribution in [2.75, 3.05) is 26.2 Å². The first kappa shape index (κ1) is 24.4. The number of amides is 1. The van der Waals surface area contributed by atoms with E-state index in [2.05, 4.69) is 29.1 Å². The van der Waals surface area contributed by atoms with Gasteiger partial charge in [-0.2, -0.15) is 18.4 Å². The molecular formula is C22H24F4N6O. The number of likely N-dealkylation sites (tertiary alicyclic amines) is 2. The van der Waals surface area contributed by atoms with Gasteiger partial charge < -0.3 is 15.2 Å². The second-order valence-electron chi connectivity index (χ2n) is 8.19. The van der Waals surface area contributed by atoms with Crippen molar-refractivity contribution in [3.05, 3.63) is 54.4 Å².